The van der Waals surface area contributed by atoms with Gasteiger partial charge in [0, 0.05) is 31.1 Å². The second kappa shape index (κ2) is 14.4. The molecule has 1 aliphatic rings. The van der Waals surface area contributed by atoms with E-state index in [0.29, 0.717) is 0 Å². The van der Waals surface area contributed by atoms with Gasteiger partial charge in [-0.25, -0.2) is 13.1 Å². The number of aliphatic hydroxyl groups excluding tert-OH is 1. The molecule has 1 fully saturated rings. The van der Waals surface area contributed by atoms with E-state index >= 15 is 0 Å². The number of likely N-dealkylation sites (N-methyl/N-ethyl adjacent to an activating group) is 1. The summed E-state index contributed by atoms with van der Waals surface area (Å²) in [5, 5.41) is 9.53. The summed E-state index contributed by atoms with van der Waals surface area (Å²) in [6.07, 6.45) is 1.01. The fourth-order valence-corrected chi connectivity index (χ4v) is 6.56. The smallest absolute Gasteiger partial charge is 0.240 e. The number of hydrogen-bond donors (Lipinski definition) is 2. The Hall–Kier alpha value is -3.63. The molecule has 0 radical (unpaired) electrons. The van der Waals surface area contributed by atoms with Gasteiger partial charge in [-0.05, 0) is 59.1 Å². The molecular weight excluding hydrogens is 572 g/mol. The van der Waals surface area contributed by atoms with Gasteiger partial charge in [0.1, 0.15) is 0 Å². The molecule has 4 aromatic rings. The van der Waals surface area contributed by atoms with Gasteiger partial charge in [0.2, 0.25) is 10.0 Å². The van der Waals surface area contributed by atoms with Crippen molar-refractivity contribution in [2.24, 2.45) is 5.92 Å². The summed E-state index contributed by atoms with van der Waals surface area (Å²) in [5.41, 5.74) is 5.59. The average Bonchev–Trinajstić information content (AvgIpc) is 3.05. The summed E-state index contributed by atoms with van der Waals surface area (Å²) in [4.78, 5) is 2.43. The van der Waals surface area contributed by atoms with Gasteiger partial charge >= 0.3 is 0 Å². The first-order chi connectivity index (χ1) is 21.3. The third-order valence-electron chi connectivity index (χ3n) is 7.99. The van der Waals surface area contributed by atoms with Crippen molar-refractivity contribution in [2.45, 2.75) is 43.5 Å². The Bertz CT molecular complexity index is 1640. The van der Waals surface area contributed by atoms with E-state index in [1.54, 1.807) is 30.3 Å². The van der Waals surface area contributed by atoms with E-state index in [0.717, 1.165) is 46.5 Å². The van der Waals surface area contributed by atoms with Gasteiger partial charge in [-0.2, -0.15) is 0 Å². The molecular formula is C36H40N2O5S. The maximum Gasteiger partial charge on any atom is 0.240 e. The van der Waals surface area contributed by atoms with E-state index in [1.165, 1.54) is 0 Å². The first-order valence-electron chi connectivity index (χ1n) is 14.8. The molecule has 0 spiro atoms. The second-order valence-corrected chi connectivity index (χ2v) is 13.1. The number of benzene rings is 4. The average molecular weight is 613 g/mol. The van der Waals surface area contributed by atoms with Crippen molar-refractivity contribution in [1.29, 1.82) is 0 Å². The van der Waals surface area contributed by atoms with E-state index in [1.807, 2.05) is 72.8 Å². The molecule has 1 aliphatic heterocycles. The Morgan fingerprint density at radius 3 is 2.27 bits per heavy atom. The van der Waals surface area contributed by atoms with Crippen LogP contribution in [0.25, 0.3) is 11.1 Å². The van der Waals surface area contributed by atoms with Gasteiger partial charge in [0.05, 0.1) is 23.7 Å². The SMILES string of the molecule is C=CCN(C)C[C@@H]1O[C@H](c2cccc(-c3cccc(CNS(=O)(=O)c4ccccc4)c3)c2)O[C@H](c2ccc(CO)cc2)[C@@H]1C. The van der Waals surface area contributed by atoms with Crippen LogP contribution in [0.1, 0.15) is 41.6 Å². The van der Waals surface area contributed by atoms with Crippen LogP contribution in [0, 0.1) is 5.92 Å². The van der Waals surface area contributed by atoms with Crippen LogP contribution in [-0.2, 0) is 32.6 Å². The number of nitrogens with zero attached hydrogens (tertiary/aromatic N) is 1. The Balaban J connectivity index is 1.38. The summed E-state index contributed by atoms with van der Waals surface area (Å²) < 4.78 is 41.4. The van der Waals surface area contributed by atoms with Crippen molar-refractivity contribution in [2.75, 3.05) is 20.1 Å². The zero-order chi connectivity index (χ0) is 31.1. The van der Waals surface area contributed by atoms with Crippen molar-refractivity contribution < 1.29 is 23.0 Å². The van der Waals surface area contributed by atoms with Crippen LogP contribution >= 0.6 is 0 Å². The Morgan fingerprint density at radius 1 is 0.864 bits per heavy atom. The number of aliphatic hydroxyl groups is 1. The lowest BCUT2D eigenvalue weighted by molar-refractivity contribution is -0.275. The molecule has 0 saturated carbocycles. The molecule has 0 bridgehead atoms. The highest BCUT2D eigenvalue weighted by Crippen LogP contribution is 2.42. The molecule has 0 unspecified atom stereocenters. The minimum Gasteiger partial charge on any atom is -0.392 e. The third-order valence-corrected chi connectivity index (χ3v) is 9.41. The Kier molecular flexibility index (Phi) is 10.4. The zero-order valence-electron chi connectivity index (χ0n) is 25.2. The molecule has 8 heteroatoms. The lowest BCUT2D eigenvalue weighted by Gasteiger charge is -2.42. The molecule has 2 N–H and O–H groups in total. The predicted octanol–water partition coefficient (Wildman–Crippen LogP) is 6.23. The number of rotatable bonds is 12. The predicted molar refractivity (Wildman–Crippen MR) is 173 cm³/mol. The monoisotopic (exact) mass is 612 g/mol. The highest BCUT2D eigenvalue weighted by atomic mass is 32.2. The maximum atomic E-state index is 12.7. The number of hydrogen-bond acceptors (Lipinski definition) is 6. The van der Waals surface area contributed by atoms with E-state index in [2.05, 4.69) is 36.2 Å². The summed E-state index contributed by atoms with van der Waals surface area (Å²) in [5.74, 6) is 0.0815. The highest BCUT2D eigenvalue weighted by Gasteiger charge is 2.38. The van der Waals surface area contributed by atoms with Crippen LogP contribution in [0.2, 0.25) is 0 Å². The standard InChI is InChI=1S/C36H40N2O5S/c1-4-20-38(3)24-34-26(2)35(29-18-16-27(25-39)17-19-29)43-36(42-34)32-13-9-12-31(22-32)30-11-8-10-28(21-30)23-37-44(40,41)33-14-6-5-7-15-33/h4-19,21-22,26,34-37,39H,1,20,23-25H2,2-3H3/t26-,34+,35+,36+/m1/s1. The van der Waals surface area contributed by atoms with Gasteiger partial charge < -0.3 is 19.5 Å². The fraction of sp³-hybridized carbons (Fsp3) is 0.278. The molecule has 1 saturated heterocycles. The van der Waals surface area contributed by atoms with Crippen LogP contribution in [0.4, 0.5) is 0 Å². The molecule has 1 heterocycles. The molecule has 230 valence electrons. The summed E-state index contributed by atoms with van der Waals surface area (Å²) in [6.45, 7) is 7.67. The largest absolute Gasteiger partial charge is 0.392 e. The molecule has 5 rings (SSSR count). The van der Waals surface area contributed by atoms with Gasteiger partial charge in [-0.15, -0.1) is 6.58 Å². The molecule has 4 aromatic carbocycles. The second-order valence-electron chi connectivity index (χ2n) is 11.3. The lowest BCUT2D eigenvalue weighted by atomic mass is 9.90. The number of nitrogens with one attached hydrogen (secondary N) is 1. The lowest BCUT2D eigenvalue weighted by Crippen LogP contribution is -2.43. The van der Waals surface area contributed by atoms with Gasteiger partial charge in [-0.3, -0.25) is 0 Å². The van der Waals surface area contributed by atoms with Crippen molar-refractivity contribution >= 4 is 10.0 Å². The topological polar surface area (TPSA) is 88.1 Å². The van der Waals surface area contributed by atoms with Crippen molar-refractivity contribution in [3.63, 3.8) is 0 Å². The van der Waals surface area contributed by atoms with Crippen LogP contribution in [0.3, 0.4) is 0 Å². The van der Waals surface area contributed by atoms with Crippen LogP contribution in [0.15, 0.2) is 121 Å². The first-order valence-corrected chi connectivity index (χ1v) is 16.3. The minimum atomic E-state index is -3.62. The van der Waals surface area contributed by atoms with Crippen molar-refractivity contribution in [3.8, 4) is 11.1 Å². The summed E-state index contributed by atoms with van der Waals surface area (Å²) >= 11 is 0. The summed E-state index contributed by atoms with van der Waals surface area (Å²) in [6, 6.07) is 32.2. The highest BCUT2D eigenvalue weighted by molar-refractivity contribution is 7.89. The van der Waals surface area contributed by atoms with Crippen LogP contribution in [0.5, 0.6) is 0 Å². The van der Waals surface area contributed by atoms with E-state index < -0.39 is 16.3 Å². The normalized spacial score (nSPS) is 20.5. The number of ether oxygens (including phenoxy) is 2. The summed E-state index contributed by atoms with van der Waals surface area (Å²) in [7, 11) is -1.56. The van der Waals surface area contributed by atoms with Gasteiger partial charge in [-0.1, -0.05) is 91.9 Å². The van der Waals surface area contributed by atoms with Crippen LogP contribution in [-0.4, -0.2) is 44.7 Å². The minimum absolute atomic E-state index is 0.00500. The van der Waals surface area contributed by atoms with Crippen molar-refractivity contribution in [1.82, 2.24) is 9.62 Å². The zero-order valence-corrected chi connectivity index (χ0v) is 26.0. The number of sulfonamides is 1. The van der Waals surface area contributed by atoms with E-state index in [4.69, 9.17) is 9.47 Å². The van der Waals surface area contributed by atoms with E-state index in [-0.39, 0.29) is 36.2 Å². The molecule has 0 amide bonds. The van der Waals surface area contributed by atoms with Crippen LogP contribution < -0.4 is 4.72 Å². The van der Waals surface area contributed by atoms with Gasteiger partial charge in [0.25, 0.3) is 0 Å². The fourth-order valence-electron chi connectivity index (χ4n) is 5.52. The van der Waals surface area contributed by atoms with E-state index in [9.17, 15) is 13.5 Å². The first kappa shape index (κ1) is 31.8. The Labute approximate surface area is 260 Å². The quantitative estimate of drug-likeness (QED) is 0.184. The molecule has 0 aromatic heterocycles. The maximum absolute atomic E-state index is 12.7. The molecule has 7 nitrogen and oxygen atoms in total. The molecule has 4 atom stereocenters. The molecule has 44 heavy (non-hydrogen) atoms. The Morgan fingerprint density at radius 2 is 1.57 bits per heavy atom. The van der Waals surface area contributed by atoms with Crippen molar-refractivity contribution in [3.05, 3.63) is 138 Å². The third kappa shape index (κ3) is 7.71. The van der Waals surface area contributed by atoms with Gasteiger partial charge in [0.15, 0.2) is 6.29 Å². The molecule has 0 aliphatic carbocycles.